The minimum atomic E-state index is -1.02. The van der Waals surface area contributed by atoms with E-state index >= 15 is 0 Å². The second-order valence-electron chi connectivity index (χ2n) is 1.47. The maximum atomic E-state index is 10.3. The van der Waals surface area contributed by atoms with Gasteiger partial charge in [-0.05, 0) is 0 Å². The van der Waals surface area contributed by atoms with Gasteiger partial charge in [0.05, 0.1) is 0 Å². The zero-order chi connectivity index (χ0) is 8.15. The molecule has 2 N–H and O–H groups in total. The average Bonchev–Trinajstić information content (AvgIpc) is 1.81. The second kappa shape index (κ2) is 4.35. The first-order chi connectivity index (χ1) is 4.57. The van der Waals surface area contributed by atoms with Gasteiger partial charge < -0.3 is 10.5 Å². The summed E-state index contributed by atoms with van der Waals surface area (Å²) >= 11 is 10.5. The van der Waals surface area contributed by atoms with Gasteiger partial charge in [0.25, 0.3) is 0 Å². The fourth-order valence-corrected chi connectivity index (χ4v) is 0.500. The van der Waals surface area contributed by atoms with Crippen LogP contribution in [-0.4, -0.2) is 21.8 Å². The Labute approximate surface area is 67.8 Å². The third kappa shape index (κ3) is 3.53. The second-order valence-corrected chi connectivity index (χ2v) is 2.56. The lowest BCUT2D eigenvalue weighted by atomic mass is 10.6. The summed E-state index contributed by atoms with van der Waals surface area (Å²) in [5.74, 6) is -0.560. The van der Waals surface area contributed by atoms with Crippen molar-refractivity contribution < 1.29 is 10.0 Å². The zero-order valence-corrected chi connectivity index (χ0v) is 6.65. The molecule has 0 heterocycles. The Bertz CT molecular complexity index is 157. The molecule has 0 aliphatic heterocycles. The van der Waals surface area contributed by atoms with E-state index < -0.39 is 4.84 Å². The van der Waals surface area contributed by atoms with Crippen LogP contribution in [0.25, 0.3) is 0 Å². The number of hydrogen-bond acceptors (Lipinski definition) is 3. The van der Waals surface area contributed by atoms with Gasteiger partial charge in [0.1, 0.15) is 0 Å². The minimum absolute atomic E-state index is 0.171. The fraction of sp³-hybridized carbons (Fsp3) is 0.500. The molecule has 10 heavy (non-hydrogen) atoms. The summed E-state index contributed by atoms with van der Waals surface area (Å²) in [4.78, 5) is 9.28. The fourth-order valence-electron chi connectivity index (χ4n) is 0.304. The Balaban J connectivity index is 3.99. The van der Waals surface area contributed by atoms with E-state index in [1.165, 1.54) is 6.92 Å². The maximum absolute atomic E-state index is 10.3. The van der Waals surface area contributed by atoms with Crippen LogP contribution in [0.3, 0.4) is 0 Å². The van der Waals surface area contributed by atoms with Crippen molar-refractivity contribution in [3.05, 3.63) is 0 Å². The molecule has 0 spiro atoms. The first-order valence-corrected chi connectivity index (χ1v) is 3.23. The quantitative estimate of drug-likeness (QED) is 0.208. The molecule has 0 rings (SSSR count). The van der Waals surface area contributed by atoms with Crippen molar-refractivity contribution in [1.82, 2.24) is 5.32 Å². The molecule has 0 aliphatic carbocycles. The van der Waals surface area contributed by atoms with Crippen molar-refractivity contribution in [1.29, 1.82) is 0 Å². The van der Waals surface area contributed by atoms with Crippen LogP contribution in [0, 0.1) is 0 Å². The Hall–Kier alpha value is -0.480. The summed E-state index contributed by atoms with van der Waals surface area (Å²) in [5, 5.41) is 12.9. The van der Waals surface area contributed by atoms with Crippen LogP contribution in [0.5, 0.6) is 0 Å². The number of carbonyl (C=O) groups excluding carboxylic acids is 1. The molecule has 0 saturated carbocycles. The van der Waals surface area contributed by atoms with Crippen molar-refractivity contribution in [3.63, 3.8) is 0 Å². The molecule has 0 bridgehead atoms. The first-order valence-electron chi connectivity index (χ1n) is 2.35. The number of alkyl halides is 2. The number of hydrogen-bond donors (Lipinski definition) is 2. The monoisotopic (exact) mass is 184 g/mol. The van der Waals surface area contributed by atoms with Crippen molar-refractivity contribution in [2.45, 2.75) is 11.8 Å². The van der Waals surface area contributed by atoms with Gasteiger partial charge in [-0.15, -0.1) is 0 Å². The van der Waals surface area contributed by atoms with Gasteiger partial charge in [-0.1, -0.05) is 28.4 Å². The summed E-state index contributed by atoms with van der Waals surface area (Å²) in [6, 6.07) is 0. The van der Waals surface area contributed by atoms with Gasteiger partial charge in [-0.25, -0.2) is 0 Å². The summed E-state index contributed by atoms with van der Waals surface area (Å²) in [7, 11) is 0. The van der Waals surface area contributed by atoms with Gasteiger partial charge in [0.15, 0.2) is 10.7 Å². The Morgan fingerprint density at radius 1 is 1.70 bits per heavy atom. The molecule has 1 amide bonds. The number of amides is 1. The largest absolute Gasteiger partial charge is 0.409 e. The number of nitrogens with zero attached hydrogens (tertiary/aromatic N) is 1. The Kier molecular flexibility index (Phi) is 4.14. The van der Waals surface area contributed by atoms with Crippen LogP contribution in [0.2, 0.25) is 0 Å². The highest BCUT2D eigenvalue weighted by molar-refractivity contribution is 6.54. The summed E-state index contributed by atoms with van der Waals surface area (Å²) < 4.78 is 0. The van der Waals surface area contributed by atoms with Crippen molar-refractivity contribution in [3.8, 4) is 0 Å². The molecule has 0 aromatic rings. The van der Waals surface area contributed by atoms with E-state index in [2.05, 4.69) is 10.5 Å². The molecular weight excluding hydrogens is 179 g/mol. The van der Waals surface area contributed by atoms with Gasteiger partial charge in [0.2, 0.25) is 5.91 Å². The van der Waals surface area contributed by atoms with Gasteiger partial charge in [0, 0.05) is 6.92 Å². The van der Waals surface area contributed by atoms with Crippen LogP contribution in [-0.2, 0) is 4.79 Å². The molecule has 0 aromatic carbocycles. The highest BCUT2D eigenvalue weighted by Gasteiger charge is 2.10. The molecule has 0 aliphatic rings. The minimum Gasteiger partial charge on any atom is -0.409 e. The van der Waals surface area contributed by atoms with Gasteiger partial charge >= 0.3 is 0 Å². The summed E-state index contributed by atoms with van der Waals surface area (Å²) in [6.45, 7) is 1.25. The lowest BCUT2D eigenvalue weighted by Gasteiger charge is -2.02. The Morgan fingerprint density at radius 2 is 2.20 bits per heavy atom. The topological polar surface area (TPSA) is 61.7 Å². The highest BCUT2D eigenvalue weighted by atomic mass is 35.5. The summed E-state index contributed by atoms with van der Waals surface area (Å²) in [5.41, 5.74) is 0. The average molecular weight is 185 g/mol. The Morgan fingerprint density at radius 3 is 2.30 bits per heavy atom. The SMILES string of the molecule is CC(=O)N/C(=N/O)C(Cl)Cl. The normalized spacial score (nSPS) is 11.8. The standard InChI is InChI=1S/C4H6Cl2N2O2/c1-2(9)7-4(8-10)3(5)6/h3,10H,1H3,(H,7,8,9). The number of carbonyl (C=O) groups is 1. The van der Waals surface area contributed by atoms with Crippen LogP contribution in [0.4, 0.5) is 0 Å². The van der Waals surface area contributed by atoms with Crippen molar-refractivity contribution in [2.75, 3.05) is 0 Å². The van der Waals surface area contributed by atoms with Crippen molar-refractivity contribution in [2.24, 2.45) is 5.16 Å². The van der Waals surface area contributed by atoms with Crippen LogP contribution in [0.15, 0.2) is 5.16 Å². The predicted molar refractivity (Wildman–Crippen MR) is 38.5 cm³/mol. The molecular formula is C4H6Cl2N2O2. The lowest BCUT2D eigenvalue weighted by molar-refractivity contribution is -0.117. The highest BCUT2D eigenvalue weighted by Crippen LogP contribution is 2.01. The molecule has 0 atom stereocenters. The van der Waals surface area contributed by atoms with E-state index in [1.54, 1.807) is 0 Å². The van der Waals surface area contributed by atoms with Gasteiger partial charge in [-0.3, -0.25) is 4.79 Å². The smallest absolute Gasteiger partial charge is 0.222 e. The van der Waals surface area contributed by atoms with Crippen LogP contribution in [0.1, 0.15) is 6.92 Å². The number of rotatable bonds is 1. The molecule has 4 nitrogen and oxygen atoms in total. The molecule has 0 aromatic heterocycles. The van der Waals surface area contributed by atoms with E-state index in [4.69, 9.17) is 28.4 Å². The van der Waals surface area contributed by atoms with Gasteiger partial charge in [-0.2, -0.15) is 0 Å². The molecule has 0 radical (unpaired) electrons. The molecule has 58 valence electrons. The molecule has 0 fully saturated rings. The van der Waals surface area contributed by atoms with Crippen LogP contribution >= 0.6 is 23.2 Å². The zero-order valence-electron chi connectivity index (χ0n) is 5.14. The van der Waals surface area contributed by atoms with E-state index in [0.717, 1.165) is 0 Å². The van der Waals surface area contributed by atoms with E-state index in [-0.39, 0.29) is 11.7 Å². The number of oxime groups is 1. The summed E-state index contributed by atoms with van der Waals surface area (Å²) in [6.07, 6.45) is 0. The number of amidine groups is 1. The number of nitrogens with one attached hydrogen (secondary N) is 1. The molecule has 6 heteroatoms. The third-order valence-electron chi connectivity index (χ3n) is 0.619. The van der Waals surface area contributed by atoms with E-state index in [9.17, 15) is 4.79 Å². The van der Waals surface area contributed by atoms with E-state index in [1.807, 2.05) is 0 Å². The molecule has 0 saturated heterocycles. The van der Waals surface area contributed by atoms with Crippen molar-refractivity contribution >= 4 is 34.9 Å². The predicted octanol–water partition coefficient (Wildman–Crippen LogP) is 0.714. The first kappa shape index (κ1) is 9.52. The van der Waals surface area contributed by atoms with E-state index in [0.29, 0.717) is 0 Å². The molecule has 0 unspecified atom stereocenters. The lowest BCUT2D eigenvalue weighted by Crippen LogP contribution is -2.32. The maximum Gasteiger partial charge on any atom is 0.222 e. The third-order valence-corrected chi connectivity index (χ3v) is 1.03. The van der Waals surface area contributed by atoms with Crippen LogP contribution < -0.4 is 5.32 Å². The number of halogens is 2.